The molecule has 0 spiro atoms. The van der Waals surface area contributed by atoms with Crippen LogP contribution in [0.4, 0.5) is 4.79 Å². The Bertz CT molecular complexity index is 318. The number of carbonyl (C=O) groups is 1. The highest BCUT2D eigenvalue weighted by molar-refractivity contribution is 9.09. The average molecular weight is 317 g/mol. The summed E-state index contributed by atoms with van der Waals surface area (Å²) in [4.78, 5) is 11.2. The second-order valence-corrected chi connectivity index (χ2v) is 6.56. The van der Waals surface area contributed by atoms with E-state index in [9.17, 15) is 13.2 Å². The third-order valence-corrected chi connectivity index (χ3v) is 3.63. The summed E-state index contributed by atoms with van der Waals surface area (Å²) in [6.45, 7) is 3.96. The molecule has 0 heterocycles. The van der Waals surface area contributed by atoms with Crippen molar-refractivity contribution in [2.75, 3.05) is 20.2 Å². The number of nitrogens with one attached hydrogen (secondary N) is 1. The molecule has 1 amide bonds. The van der Waals surface area contributed by atoms with Gasteiger partial charge in [0.1, 0.15) is 0 Å². The van der Waals surface area contributed by atoms with E-state index in [0.29, 0.717) is 13.0 Å². The van der Waals surface area contributed by atoms with Crippen molar-refractivity contribution < 1.29 is 17.9 Å². The van der Waals surface area contributed by atoms with Crippen LogP contribution in [-0.4, -0.2) is 43.8 Å². The smallest absolute Gasteiger partial charge is 0.421 e. The third-order valence-electron chi connectivity index (χ3n) is 1.74. The molecule has 1 unspecified atom stereocenters. The van der Waals surface area contributed by atoms with Crippen molar-refractivity contribution >= 4 is 32.2 Å². The maximum Gasteiger partial charge on any atom is 0.421 e. The van der Waals surface area contributed by atoms with E-state index in [1.807, 2.05) is 6.92 Å². The Morgan fingerprint density at radius 2 is 2.12 bits per heavy atom. The van der Waals surface area contributed by atoms with Crippen molar-refractivity contribution in [1.29, 1.82) is 0 Å². The van der Waals surface area contributed by atoms with Gasteiger partial charge in [-0.05, 0) is 13.3 Å². The first-order valence-corrected chi connectivity index (χ1v) is 7.20. The van der Waals surface area contributed by atoms with Gasteiger partial charge < -0.3 is 4.74 Å². The molecule has 0 fully saturated rings. The van der Waals surface area contributed by atoms with E-state index in [4.69, 9.17) is 0 Å². The molecule has 0 aliphatic carbocycles. The van der Waals surface area contributed by atoms with Crippen LogP contribution in [0, 0.1) is 0 Å². The topological polar surface area (TPSA) is 75.7 Å². The lowest BCUT2D eigenvalue weighted by molar-refractivity contribution is 0.158. The Labute approximate surface area is 105 Å². The molecule has 0 saturated heterocycles. The van der Waals surface area contributed by atoms with E-state index in [-0.39, 0.29) is 11.4 Å². The molecule has 0 aliphatic rings. The average Bonchev–Trinajstić information content (AvgIpc) is 2.13. The van der Waals surface area contributed by atoms with Crippen molar-refractivity contribution in [3.63, 3.8) is 0 Å². The minimum atomic E-state index is -3.79. The Hall–Kier alpha value is -0.340. The van der Waals surface area contributed by atoms with Crippen LogP contribution in [0.2, 0.25) is 0 Å². The van der Waals surface area contributed by atoms with Crippen LogP contribution in [0.3, 0.4) is 0 Å². The first-order chi connectivity index (χ1) is 7.29. The number of halogens is 1. The zero-order valence-electron chi connectivity index (χ0n) is 9.57. The van der Waals surface area contributed by atoms with Crippen LogP contribution in [0.1, 0.15) is 20.3 Å². The number of nitrogens with zero attached hydrogens (tertiary/aromatic N) is 1. The Morgan fingerprint density at radius 3 is 2.56 bits per heavy atom. The van der Waals surface area contributed by atoms with E-state index < -0.39 is 16.3 Å². The van der Waals surface area contributed by atoms with Crippen molar-refractivity contribution in [3.05, 3.63) is 0 Å². The second-order valence-electron chi connectivity index (χ2n) is 3.22. The lowest BCUT2D eigenvalue weighted by Crippen LogP contribution is -2.42. The van der Waals surface area contributed by atoms with Gasteiger partial charge in [0.2, 0.25) is 0 Å². The van der Waals surface area contributed by atoms with Gasteiger partial charge in [-0.25, -0.2) is 9.52 Å². The van der Waals surface area contributed by atoms with Crippen molar-refractivity contribution in [2.45, 2.75) is 25.1 Å². The van der Waals surface area contributed by atoms with Gasteiger partial charge in [0.05, 0.1) is 6.61 Å². The van der Waals surface area contributed by atoms with Gasteiger partial charge in [-0.1, -0.05) is 22.9 Å². The summed E-state index contributed by atoms with van der Waals surface area (Å²) >= 11 is 3.31. The van der Waals surface area contributed by atoms with Crippen LogP contribution < -0.4 is 4.72 Å². The minimum absolute atomic E-state index is 0.128. The maximum atomic E-state index is 11.5. The molecule has 0 bridgehead atoms. The highest BCUT2D eigenvalue weighted by atomic mass is 79.9. The summed E-state index contributed by atoms with van der Waals surface area (Å²) in [7, 11) is -2.39. The fourth-order valence-electron chi connectivity index (χ4n) is 0.824. The molecule has 0 radical (unpaired) electrons. The van der Waals surface area contributed by atoms with Crippen molar-refractivity contribution in [3.8, 4) is 0 Å². The van der Waals surface area contributed by atoms with Gasteiger partial charge in [-0.3, -0.25) is 0 Å². The summed E-state index contributed by atoms with van der Waals surface area (Å²) < 4.78 is 30.4. The molecule has 1 N–H and O–H groups in total. The monoisotopic (exact) mass is 316 g/mol. The van der Waals surface area contributed by atoms with Crippen molar-refractivity contribution in [1.82, 2.24) is 9.03 Å². The van der Waals surface area contributed by atoms with E-state index in [0.717, 1.165) is 4.31 Å². The second kappa shape index (κ2) is 7.08. The normalized spacial score (nSPS) is 13.6. The molecule has 6 nitrogen and oxygen atoms in total. The molecule has 0 aliphatic heterocycles. The summed E-state index contributed by atoms with van der Waals surface area (Å²) in [6.07, 6.45) is -0.304. The van der Waals surface area contributed by atoms with E-state index in [2.05, 4.69) is 20.7 Å². The SMILES string of the molecule is CCOC(=O)NS(=O)(=O)N(C)CCC(C)Br. The molecule has 16 heavy (non-hydrogen) atoms. The highest BCUT2D eigenvalue weighted by Crippen LogP contribution is 2.05. The fraction of sp³-hybridized carbons (Fsp3) is 0.875. The lowest BCUT2D eigenvalue weighted by Gasteiger charge is -2.17. The van der Waals surface area contributed by atoms with Crippen LogP contribution in [0.5, 0.6) is 0 Å². The molecular weight excluding hydrogens is 300 g/mol. The molecular formula is C8H17BrN2O4S. The van der Waals surface area contributed by atoms with Gasteiger partial charge in [-0.15, -0.1) is 0 Å². The van der Waals surface area contributed by atoms with Crippen LogP contribution in [0.15, 0.2) is 0 Å². The largest absolute Gasteiger partial charge is 0.449 e. The first kappa shape index (κ1) is 15.7. The Morgan fingerprint density at radius 1 is 1.56 bits per heavy atom. The molecule has 0 aromatic carbocycles. The number of ether oxygens (including phenoxy) is 1. The highest BCUT2D eigenvalue weighted by Gasteiger charge is 2.20. The van der Waals surface area contributed by atoms with Gasteiger partial charge in [-0.2, -0.15) is 12.7 Å². The lowest BCUT2D eigenvalue weighted by atomic mass is 10.3. The van der Waals surface area contributed by atoms with E-state index >= 15 is 0 Å². The first-order valence-electron chi connectivity index (χ1n) is 4.84. The summed E-state index contributed by atoms with van der Waals surface area (Å²) in [5.41, 5.74) is 0. The number of carbonyl (C=O) groups excluding carboxylic acids is 1. The molecule has 8 heteroatoms. The fourth-order valence-corrected chi connectivity index (χ4v) is 1.80. The van der Waals surface area contributed by atoms with Gasteiger partial charge in [0.25, 0.3) is 0 Å². The van der Waals surface area contributed by atoms with E-state index in [1.165, 1.54) is 7.05 Å². The third kappa shape index (κ3) is 6.29. The molecule has 0 rings (SSSR count). The summed E-state index contributed by atoms with van der Waals surface area (Å²) in [5, 5.41) is 0. The Kier molecular flexibility index (Phi) is 6.93. The van der Waals surface area contributed by atoms with Gasteiger partial charge >= 0.3 is 16.3 Å². The number of rotatable bonds is 6. The maximum absolute atomic E-state index is 11.5. The zero-order valence-corrected chi connectivity index (χ0v) is 12.0. The van der Waals surface area contributed by atoms with Crippen molar-refractivity contribution in [2.24, 2.45) is 0 Å². The van der Waals surface area contributed by atoms with E-state index in [1.54, 1.807) is 11.6 Å². The Balaban J connectivity index is 4.26. The predicted molar refractivity (Wildman–Crippen MR) is 64.7 cm³/mol. The number of hydrogen-bond acceptors (Lipinski definition) is 4. The van der Waals surface area contributed by atoms with Gasteiger partial charge in [0, 0.05) is 18.4 Å². The molecule has 0 aromatic rings. The quantitative estimate of drug-likeness (QED) is 0.744. The number of amides is 1. The molecule has 96 valence electrons. The summed E-state index contributed by atoms with van der Waals surface area (Å²) in [5.74, 6) is 0. The van der Waals surface area contributed by atoms with Crippen LogP contribution in [0.25, 0.3) is 0 Å². The molecule has 0 aromatic heterocycles. The van der Waals surface area contributed by atoms with Crippen LogP contribution >= 0.6 is 15.9 Å². The predicted octanol–water partition coefficient (Wildman–Crippen LogP) is 1.08. The molecule has 1 atom stereocenters. The number of hydrogen-bond donors (Lipinski definition) is 1. The minimum Gasteiger partial charge on any atom is -0.449 e. The zero-order chi connectivity index (χ0) is 12.8. The van der Waals surface area contributed by atoms with Gasteiger partial charge in [0.15, 0.2) is 0 Å². The molecule has 0 saturated carbocycles. The number of alkyl halides is 1. The standard InChI is InChI=1S/C8H17BrN2O4S/c1-4-15-8(12)10-16(13,14)11(3)6-5-7(2)9/h7H,4-6H2,1-3H3,(H,10,12). The van der Waals surface area contributed by atoms with Crippen LogP contribution in [-0.2, 0) is 14.9 Å². The summed E-state index contributed by atoms with van der Waals surface area (Å²) in [6, 6.07) is 0.